The highest BCUT2D eigenvalue weighted by Crippen LogP contribution is 2.38. The third kappa shape index (κ3) is 6.09. The topological polar surface area (TPSA) is 91.4 Å². The van der Waals surface area contributed by atoms with E-state index in [1.165, 1.54) is 0 Å². The van der Waals surface area contributed by atoms with Gasteiger partial charge in [-0.1, -0.05) is 13.8 Å². The number of hydrogen-bond donors (Lipinski definition) is 1. The molecule has 1 amide bonds. The molecule has 0 saturated carbocycles. The first kappa shape index (κ1) is 25.8. The Hall–Kier alpha value is -3.30. The fourth-order valence-corrected chi connectivity index (χ4v) is 4.37. The van der Waals surface area contributed by atoms with Crippen LogP contribution in [0.2, 0.25) is 0 Å². The number of allylic oxidation sites excluding steroid dienone is 4. The van der Waals surface area contributed by atoms with E-state index in [0.29, 0.717) is 23.9 Å². The Morgan fingerprint density at radius 2 is 1.83 bits per heavy atom. The number of benzene rings is 1. The van der Waals surface area contributed by atoms with Crippen LogP contribution in [0.15, 0.2) is 48.0 Å². The van der Waals surface area contributed by atoms with Crippen molar-refractivity contribution in [1.29, 1.82) is 0 Å². The van der Waals surface area contributed by atoms with E-state index in [1.807, 2.05) is 30.4 Å². The zero-order valence-corrected chi connectivity index (χ0v) is 21.4. The Kier molecular flexibility index (Phi) is 8.66. The summed E-state index contributed by atoms with van der Waals surface area (Å²) in [6, 6.07) is 5.53. The molecule has 1 N–H and O–H groups in total. The zero-order valence-electron chi connectivity index (χ0n) is 21.4. The molecular formula is C27H35N3O6. The molecule has 2 aliphatic rings. The predicted molar refractivity (Wildman–Crippen MR) is 136 cm³/mol. The lowest BCUT2D eigenvalue weighted by molar-refractivity contribution is 0.0345. The summed E-state index contributed by atoms with van der Waals surface area (Å²) in [6.07, 6.45) is 5.85. The van der Waals surface area contributed by atoms with Gasteiger partial charge in [-0.05, 0) is 30.7 Å². The molecule has 2 heterocycles. The number of amides is 1. The highest BCUT2D eigenvalue weighted by Gasteiger charge is 2.27. The molecule has 1 aliphatic heterocycles. The van der Waals surface area contributed by atoms with Crippen molar-refractivity contribution in [2.75, 3.05) is 53.7 Å². The van der Waals surface area contributed by atoms with E-state index in [1.54, 1.807) is 20.4 Å². The molecule has 2 aromatic rings. The van der Waals surface area contributed by atoms with Gasteiger partial charge in [0.05, 0.1) is 39.6 Å². The van der Waals surface area contributed by atoms with E-state index < -0.39 is 6.09 Å². The van der Waals surface area contributed by atoms with Gasteiger partial charge in [-0.2, -0.15) is 0 Å². The maximum Gasteiger partial charge on any atom is 0.411 e. The minimum atomic E-state index is -0.429. The Morgan fingerprint density at radius 1 is 1.08 bits per heavy atom. The minimum Gasteiger partial charge on any atom is -0.493 e. The summed E-state index contributed by atoms with van der Waals surface area (Å²) in [7, 11) is 3.20. The summed E-state index contributed by atoms with van der Waals surface area (Å²) in [6.45, 7) is 8.82. The molecule has 194 valence electrons. The van der Waals surface area contributed by atoms with Gasteiger partial charge in [0, 0.05) is 54.8 Å². The number of rotatable bonds is 9. The molecule has 1 unspecified atom stereocenters. The van der Waals surface area contributed by atoms with Crippen molar-refractivity contribution >= 4 is 17.0 Å². The largest absolute Gasteiger partial charge is 0.493 e. The second kappa shape index (κ2) is 12.1. The highest BCUT2D eigenvalue weighted by molar-refractivity contribution is 5.88. The number of nitrogens with one attached hydrogen (secondary N) is 1. The van der Waals surface area contributed by atoms with Crippen LogP contribution < -0.4 is 19.5 Å². The molecule has 1 aromatic heterocycles. The van der Waals surface area contributed by atoms with E-state index in [0.717, 1.165) is 61.6 Å². The molecule has 1 saturated heterocycles. The molecule has 1 aliphatic carbocycles. The number of methoxy groups -OCH3 is 2. The molecule has 0 spiro atoms. The summed E-state index contributed by atoms with van der Waals surface area (Å²) in [5.41, 5.74) is 1.55. The van der Waals surface area contributed by atoms with Gasteiger partial charge in [0.1, 0.15) is 11.5 Å². The van der Waals surface area contributed by atoms with Crippen molar-refractivity contribution in [3.63, 3.8) is 0 Å². The van der Waals surface area contributed by atoms with E-state index in [9.17, 15) is 4.79 Å². The van der Waals surface area contributed by atoms with Crippen molar-refractivity contribution < 1.29 is 28.5 Å². The number of fused-ring (bicyclic) bond motifs is 1. The smallest absolute Gasteiger partial charge is 0.411 e. The summed E-state index contributed by atoms with van der Waals surface area (Å²) in [4.78, 5) is 19.1. The third-order valence-corrected chi connectivity index (χ3v) is 6.75. The maximum absolute atomic E-state index is 12.4. The lowest BCUT2D eigenvalue weighted by Crippen LogP contribution is -2.37. The van der Waals surface area contributed by atoms with Crippen LogP contribution in [0.1, 0.15) is 20.3 Å². The monoisotopic (exact) mass is 497 g/mol. The Balaban J connectivity index is 1.38. The van der Waals surface area contributed by atoms with E-state index in [4.69, 9.17) is 23.7 Å². The normalized spacial score (nSPS) is 20.3. The number of nitrogens with zero attached hydrogens (tertiary/aromatic N) is 2. The average Bonchev–Trinajstić information content (AvgIpc) is 2.90. The standard InChI is InChI=1S/C27H35N3O6/c1-18-19(2)23(36-24-8-9-28-22-17-26(33-4)25(32-3)16-20(22)24)7-6-21(18)29-27(31)35-13-5-10-30-11-14-34-15-12-30/h6-9,16-19H,5,10-15H2,1-4H3,(H,29,31)/t18?,19-/m0/s1. The minimum absolute atomic E-state index is 0.0358. The van der Waals surface area contributed by atoms with Crippen molar-refractivity contribution in [2.45, 2.75) is 20.3 Å². The molecular weight excluding hydrogens is 462 g/mol. The molecule has 0 radical (unpaired) electrons. The number of ether oxygens (including phenoxy) is 5. The number of carbonyl (C=O) groups is 1. The third-order valence-electron chi connectivity index (χ3n) is 6.75. The number of morpholine rings is 1. The average molecular weight is 498 g/mol. The summed E-state index contributed by atoms with van der Waals surface area (Å²) in [5, 5.41) is 3.73. The first-order valence-corrected chi connectivity index (χ1v) is 12.3. The summed E-state index contributed by atoms with van der Waals surface area (Å²) in [5.74, 6) is 2.77. The first-order chi connectivity index (χ1) is 17.5. The molecule has 0 bridgehead atoms. The molecule has 9 heteroatoms. The number of alkyl carbamates (subject to hydrolysis) is 1. The van der Waals surface area contributed by atoms with Crippen LogP contribution in [0.5, 0.6) is 17.2 Å². The number of hydrogen-bond acceptors (Lipinski definition) is 8. The molecule has 1 fully saturated rings. The lowest BCUT2D eigenvalue weighted by Gasteiger charge is -2.29. The second-order valence-corrected chi connectivity index (χ2v) is 8.97. The Bertz CT molecular complexity index is 1130. The van der Waals surface area contributed by atoms with Gasteiger partial charge in [-0.25, -0.2) is 4.79 Å². The van der Waals surface area contributed by atoms with Gasteiger partial charge < -0.3 is 23.7 Å². The fraction of sp³-hybridized carbons (Fsp3) is 0.481. The van der Waals surface area contributed by atoms with Gasteiger partial charge in [0.2, 0.25) is 0 Å². The molecule has 4 rings (SSSR count). The van der Waals surface area contributed by atoms with Crippen LogP contribution >= 0.6 is 0 Å². The van der Waals surface area contributed by atoms with Crippen LogP contribution in [0.4, 0.5) is 4.79 Å². The van der Waals surface area contributed by atoms with Gasteiger partial charge >= 0.3 is 6.09 Å². The number of carbonyl (C=O) groups excluding carboxylic acids is 1. The Labute approximate surface area is 212 Å². The Morgan fingerprint density at radius 3 is 2.58 bits per heavy atom. The first-order valence-electron chi connectivity index (χ1n) is 12.3. The molecule has 36 heavy (non-hydrogen) atoms. The van der Waals surface area contributed by atoms with Crippen molar-refractivity contribution in [1.82, 2.24) is 15.2 Å². The quantitative estimate of drug-likeness (QED) is 0.517. The molecule has 1 aromatic carbocycles. The van der Waals surface area contributed by atoms with Crippen LogP contribution in [-0.4, -0.2) is 69.7 Å². The maximum atomic E-state index is 12.4. The van der Waals surface area contributed by atoms with Gasteiger partial charge in [-0.15, -0.1) is 0 Å². The summed E-state index contributed by atoms with van der Waals surface area (Å²) >= 11 is 0. The van der Waals surface area contributed by atoms with E-state index in [2.05, 4.69) is 29.0 Å². The fourth-order valence-electron chi connectivity index (χ4n) is 4.37. The van der Waals surface area contributed by atoms with E-state index in [-0.39, 0.29) is 11.8 Å². The van der Waals surface area contributed by atoms with Crippen LogP contribution in [0.25, 0.3) is 10.9 Å². The van der Waals surface area contributed by atoms with Crippen LogP contribution in [0.3, 0.4) is 0 Å². The van der Waals surface area contributed by atoms with Crippen LogP contribution in [0, 0.1) is 11.8 Å². The van der Waals surface area contributed by atoms with Gasteiger partial charge in [0.15, 0.2) is 11.5 Å². The lowest BCUT2D eigenvalue weighted by atomic mass is 9.87. The van der Waals surface area contributed by atoms with Crippen LogP contribution in [-0.2, 0) is 9.47 Å². The van der Waals surface area contributed by atoms with Gasteiger partial charge in [0.25, 0.3) is 0 Å². The molecule has 2 atom stereocenters. The number of aromatic nitrogens is 1. The van der Waals surface area contributed by atoms with Crippen molar-refractivity contribution in [3.05, 3.63) is 48.0 Å². The van der Waals surface area contributed by atoms with Crippen molar-refractivity contribution in [2.24, 2.45) is 11.8 Å². The summed E-state index contributed by atoms with van der Waals surface area (Å²) < 4.78 is 27.9. The number of pyridine rings is 1. The zero-order chi connectivity index (χ0) is 25.5. The van der Waals surface area contributed by atoms with E-state index >= 15 is 0 Å². The second-order valence-electron chi connectivity index (χ2n) is 8.97. The predicted octanol–water partition coefficient (Wildman–Crippen LogP) is 4.13. The highest BCUT2D eigenvalue weighted by atomic mass is 16.5. The molecule has 9 nitrogen and oxygen atoms in total. The SMILES string of the molecule is COc1cc2nccc(OC3=CC=C(NC(=O)OCCCN4CCOCC4)C(C)[C@@H]3C)c2cc1OC. The van der Waals surface area contributed by atoms with Gasteiger partial charge in [-0.3, -0.25) is 15.2 Å². The van der Waals surface area contributed by atoms with Crippen molar-refractivity contribution in [3.8, 4) is 17.2 Å².